The fourth-order valence-electron chi connectivity index (χ4n) is 7.35. The highest BCUT2D eigenvalue weighted by molar-refractivity contribution is 7.99. The van der Waals surface area contributed by atoms with Gasteiger partial charge in [-0.1, -0.05) is 83.5 Å². The number of rotatable bonds is 65. The molecule has 0 rings (SSSR count). The summed E-state index contributed by atoms with van der Waals surface area (Å²) in [5, 5.41) is 19.3. The van der Waals surface area contributed by atoms with Gasteiger partial charge in [0.2, 0.25) is 29.5 Å². The van der Waals surface area contributed by atoms with Gasteiger partial charge < -0.3 is 84.2 Å². The van der Waals surface area contributed by atoms with Crippen LogP contribution >= 0.6 is 11.8 Å². The summed E-state index contributed by atoms with van der Waals surface area (Å²) in [7, 11) is 1.66. The van der Waals surface area contributed by atoms with E-state index in [0.717, 1.165) is 32.3 Å². The number of aliphatic carboxylic acids is 1. The van der Waals surface area contributed by atoms with Crippen molar-refractivity contribution in [1.82, 2.24) is 21.3 Å². The maximum Gasteiger partial charge on any atom is 0.329 e. The number of carboxylic acids is 1. The van der Waals surface area contributed by atoms with Crippen molar-refractivity contribution in [3.05, 3.63) is 0 Å². The zero-order valence-corrected chi connectivity index (χ0v) is 49.0. The molecule has 0 bridgehead atoms. The highest BCUT2D eigenvalue weighted by Gasteiger charge is 2.17. The third kappa shape index (κ3) is 62.2. The van der Waals surface area contributed by atoms with Crippen LogP contribution in [-0.2, 0) is 80.9 Å². The molecule has 0 aromatic heterocycles. The number of methoxy groups -OCH3 is 1. The number of nitrogens with one attached hydrogen (secondary N) is 4. The predicted octanol–water partition coefficient (Wildman–Crippen LogP) is 4.13. The largest absolute Gasteiger partial charge is 0.480 e. The molecule has 79 heavy (non-hydrogen) atoms. The maximum absolute atomic E-state index is 12.5. The van der Waals surface area contributed by atoms with Crippen LogP contribution in [-0.4, -0.2) is 224 Å². The number of carbonyl (C=O) groups is 6. The highest BCUT2D eigenvalue weighted by Crippen LogP contribution is 2.15. The Balaban J connectivity index is 3.50. The molecule has 0 saturated carbocycles. The van der Waals surface area contributed by atoms with E-state index >= 15 is 0 Å². The standard InChI is InChI=1S/C55H105N5O18S/c1-68-29-30-72-33-34-73-32-31-69-26-18-12-8-4-2-5-9-13-19-43-79-44-20-14-10-6-3-7-11-15-22-50(61)60-49(55(56)67)21-16-17-23-57-51(62)45-75-39-35-70-27-24-58-52(63)46-76-40-36-71-28-25-59-53(64)47-77-41-37-74-38-42-78-48-54(65)66/h49H,2-48H2,1H3,(H2,56,67)(H,57,62)(H,58,63)(H,59,64)(H,60,61)(H,65,66). The van der Waals surface area contributed by atoms with Gasteiger partial charge in [-0.15, -0.1) is 0 Å². The number of amides is 5. The van der Waals surface area contributed by atoms with E-state index in [2.05, 4.69) is 33.0 Å². The lowest BCUT2D eigenvalue weighted by molar-refractivity contribution is -0.142. The third-order valence-corrected chi connectivity index (χ3v) is 12.8. The Morgan fingerprint density at radius 3 is 1.16 bits per heavy atom. The minimum absolute atomic E-state index is 0.132. The zero-order chi connectivity index (χ0) is 57.6. The Morgan fingerprint density at radius 2 is 0.734 bits per heavy atom. The van der Waals surface area contributed by atoms with E-state index in [1.54, 1.807) is 7.11 Å². The van der Waals surface area contributed by atoms with E-state index in [-0.39, 0.29) is 129 Å². The van der Waals surface area contributed by atoms with Gasteiger partial charge in [0.15, 0.2) is 0 Å². The molecule has 23 nitrogen and oxygen atoms in total. The van der Waals surface area contributed by atoms with Crippen LogP contribution in [0, 0.1) is 0 Å². The van der Waals surface area contributed by atoms with Crippen LogP contribution in [0.25, 0.3) is 0 Å². The topological polar surface area (TPSA) is 298 Å². The molecule has 0 fully saturated rings. The molecule has 1 unspecified atom stereocenters. The van der Waals surface area contributed by atoms with Crippen LogP contribution < -0.4 is 27.0 Å². The number of thioether (sulfide) groups is 1. The quantitative estimate of drug-likeness (QED) is 0.0467. The number of hydrogen-bond acceptors (Lipinski definition) is 18. The lowest BCUT2D eigenvalue weighted by atomic mass is 10.1. The normalized spacial score (nSPS) is 11.7. The van der Waals surface area contributed by atoms with Gasteiger partial charge in [-0.25, -0.2) is 4.79 Å². The molecule has 0 aliphatic heterocycles. The van der Waals surface area contributed by atoms with Gasteiger partial charge >= 0.3 is 5.97 Å². The first-order chi connectivity index (χ1) is 38.6. The minimum Gasteiger partial charge on any atom is -0.480 e. The summed E-state index contributed by atoms with van der Waals surface area (Å²) in [4.78, 5) is 70.6. The molecule has 24 heteroatoms. The third-order valence-electron chi connectivity index (χ3n) is 11.7. The molecule has 464 valence electrons. The van der Waals surface area contributed by atoms with Gasteiger partial charge in [0.1, 0.15) is 32.5 Å². The zero-order valence-electron chi connectivity index (χ0n) is 48.2. The van der Waals surface area contributed by atoms with Crippen molar-refractivity contribution in [2.75, 3.05) is 177 Å². The van der Waals surface area contributed by atoms with Gasteiger partial charge in [0.05, 0.1) is 106 Å². The van der Waals surface area contributed by atoms with Gasteiger partial charge in [-0.2, -0.15) is 11.8 Å². The number of ether oxygens (including phenoxy) is 11. The molecule has 1 atom stereocenters. The molecule has 0 aliphatic carbocycles. The average molecular weight is 1160 g/mol. The molecule has 0 aliphatic rings. The van der Waals surface area contributed by atoms with Crippen LogP contribution in [0.4, 0.5) is 0 Å². The molecule has 0 aromatic rings. The van der Waals surface area contributed by atoms with Crippen molar-refractivity contribution >= 4 is 47.3 Å². The number of nitrogens with two attached hydrogens (primary N) is 1. The van der Waals surface area contributed by atoms with Crippen molar-refractivity contribution in [3.63, 3.8) is 0 Å². The molecule has 5 amide bonds. The van der Waals surface area contributed by atoms with Crippen molar-refractivity contribution in [2.24, 2.45) is 5.73 Å². The molecule has 0 heterocycles. The fourth-order valence-corrected chi connectivity index (χ4v) is 8.37. The van der Waals surface area contributed by atoms with Gasteiger partial charge in [-0.3, -0.25) is 24.0 Å². The average Bonchev–Trinajstić information content (AvgIpc) is 3.42. The van der Waals surface area contributed by atoms with Crippen LogP contribution in [0.2, 0.25) is 0 Å². The first-order valence-electron chi connectivity index (χ1n) is 29.1. The van der Waals surface area contributed by atoms with Crippen molar-refractivity contribution in [3.8, 4) is 0 Å². The fraction of sp³-hybridized carbons (Fsp3) is 0.891. The van der Waals surface area contributed by atoms with E-state index in [1.807, 2.05) is 0 Å². The SMILES string of the molecule is COCCOCCOCCOCCCCCCCCCCCSCCCCCCCCCCC(=O)NC(CCCCNC(=O)COCCOCCNC(=O)COCCOCCNC(=O)COCCOCCOCC(=O)O)C(N)=O. The lowest BCUT2D eigenvalue weighted by Gasteiger charge is -2.15. The van der Waals surface area contributed by atoms with E-state index in [0.29, 0.717) is 71.9 Å². The Bertz CT molecular complexity index is 1430. The molecule has 0 radical (unpaired) electrons. The predicted molar refractivity (Wildman–Crippen MR) is 302 cm³/mol. The summed E-state index contributed by atoms with van der Waals surface area (Å²) in [5.74, 6) is -0.135. The van der Waals surface area contributed by atoms with Gasteiger partial charge in [-0.05, 0) is 56.5 Å². The molecular formula is C55H105N5O18S. The van der Waals surface area contributed by atoms with Gasteiger partial charge in [0, 0.05) is 39.8 Å². The molecule has 7 N–H and O–H groups in total. The van der Waals surface area contributed by atoms with Crippen molar-refractivity contribution < 1.29 is 86.0 Å². The Hall–Kier alpha value is -3.27. The second-order valence-electron chi connectivity index (χ2n) is 18.7. The summed E-state index contributed by atoms with van der Waals surface area (Å²) in [5.41, 5.74) is 5.56. The minimum atomic E-state index is -1.05. The van der Waals surface area contributed by atoms with E-state index < -0.39 is 17.9 Å². The summed E-state index contributed by atoms with van der Waals surface area (Å²) < 4.78 is 58.0. The molecule has 0 aromatic carbocycles. The summed E-state index contributed by atoms with van der Waals surface area (Å²) in [6, 6.07) is -0.734. The van der Waals surface area contributed by atoms with E-state index in [4.69, 9.17) is 62.9 Å². The molecular weight excluding hydrogens is 1050 g/mol. The number of carbonyl (C=O) groups excluding carboxylic acids is 5. The molecule has 0 saturated heterocycles. The van der Waals surface area contributed by atoms with Crippen LogP contribution in [0.5, 0.6) is 0 Å². The van der Waals surface area contributed by atoms with Crippen LogP contribution in [0.3, 0.4) is 0 Å². The van der Waals surface area contributed by atoms with Crippen LogP contribution in [0.15, 0.2) is 0 Å². The van der Waals surface area contributed by atoms with Crippen molar-refractivity contribution in [1.29, 1.82) is 0 Å². The number of hydrogen-bond donors (Lipinski definition) is 6. The Morgan fingerprint density at radius 1 is 0.380 bits per heavy atom. The van der Waals surface area contributed by atoms with Crippen molar-refractivity contribution in [2.45, 2.75) is 141 Å². The lowest BCUT2D eigenvalue weighted by Crippen LogP contribution is -2.44. The first-order valence-corrected chi connectivity index (χ1v) is 30.3. The second kappa shape index (κ2) is 62.3. The van der Waals surface area contributed by atoms with Gasteiger partial charge in [0.25, 0.3) is 0 Å². The number of primary amides is 1. The number of unbranched alkanes of at least 4 members (excludes halogenated alkanes) is 16. The summed E-state index contributed by atoms with van der Waals surface area (Å²) in [6.45, 7) is 6.84. The molecule has 0 spiro atoms. The monoisotopic (exact) mass is 1160 g/mol. The van der Waals surface area contributed by atoms with Crippen LogP contribution in [0.1, 0.15) is 135 Å². The Kier molecular flexibility index (Phi) is 59.8. The van der Waals surface area contributed by atoms with E-state index in [9.17, 15) is 28.8 Å². The second-order valence-corrected chi connectivity index (χ2v) is 19.9. The van der Waals surface area contributed by atoms with E-state index in [1.165, 1.54) is 95.0 Å². The summed E-state index contributed by atoms with van der Waals surface area (Å²) in [6.07, 6.45) is 22.9. The summed E-state index contributed by atoms with van der Waals surface area (Å²) >= 11 is 2.10. The highest BCUT2D eigenvalue weighted by atomic mass is 32.2. The maximum atomic E-state index is 12.5. The number of carboxylic acid groups (broad SMARTS) is 1. The Labute approximate surface area is 476 Å². The smallest absolute Gasteiger partial charge is 0.329 e. The first kappa shape index (κ1) is 75.7.